The number of aliphatic imine (C=N–C) groups is 1. The first kappa shape index (κ1) is 20.2. The van der Waals surface area contributed by atoms with Crippen LogP contribution in [0.3, 0.4) is 0 Å². The van der Waals surface area contributed by atoms with Gasteiger partial charge in [0.2, 0.25) is 10.0 Å². The van der Waals surface area contributed by atoms with E-state index in [1.165, 1.54) is 31.9 Å². The van der Waals surface area contributed by atoms with Gasteiger partial charge in [0.15, 0.2) is 5.96 Å². The number of rotatable bonds is 4. The summed E-state index contributed by atoms with van der Waals surface area (Å²) < 4.78 is 24.8. The van der Waals surface area contributed by atoms with Crippen molar-refractivity contribution >= 4 is 40.0 Å². The average molecular weight is 470 g/mol. The zero-order valence-electron chi connectivity index (χ0n) is 14.8. The Bertz CT molecular complexity index is 562. The summed E-state index contributed by atoms with van der Waals surface area (Å²) in [6.07, 6.45) is 7.63. The lowest BCUT2D eigenvalue weighted by Gasteiger charge is -2.38. The number of halogens is 1. The summed E-state index contributed by atoms with van der Waals surface area (Å²) in [5.74, 6) is 1.37. The zero-order valence-corrected chi connectivity index (χ0v) is 18.0. The van der Waals surface area contributed by atoms with E-state index < -0.39 is 10.0 Å². The van der Waals surface area contributed by atoms with E-state index >= 15 is 0 Å². The molecule has 0 amide bonds. The van der Waals surface area contributed by atoms with Gasteiger partial charge in [-0.3, -0.25) is 4.99 Å². The molecule has 0 aromatic rings. The number of nitrogens with one attached hydrogen (secondary N) is 1. The van der Waals surface area contributed by atoms with Crippen LogP contribution in [0.2, 0.25) is 0 Å². The molecule has 1 unspecified atom stereocenters. The van der Waals surface area contributed by atoms with Gasteiger partial charge in [-0.05, 0) is 43.9 Å². The zero-order chi connectivity index (χ0) is 16.5. The minimum atomic E-state index is -3.05. The number of guanidine groups is 1. The summed E-state index contributed by atoms with van der Waals surface area (Å²) >= 11 is 0. The molecule has 1 N–H and O–H groups in total. The number of hydrogen-bond acceptors (Lipinski definition) is 3. The molecule has 3 fully saturated rings. The molecule has 1 saturated carbocycles. The molecule has 2 aliphatic heterocycles. The van der Waals surface area contributed by atoms with Crippen molar-refractivity contribution in [3.63, 3.8) is 0 Å². The number of likely N-dealkylation sites (tertiary alicyclic amines) is 1. The third-order valence-corrected chi connectivity index (χ3v) is 6.97. The molecule has 1 spiro atoms. The van der Waals surface area contributed by atoms with Gasteiger partial charge in [-0.2, -0.15) is 0 Å². The average Bonchev–Trinajstić information content (AvgIpc) is 3.09. The highest BCUT2D eigenvalue weighted by Gasteiger charge is 2.43. The fourth-order valence-corrected chi connectivity index (χ4v) is 5.01. The molecule has 1 atom stereocenters. The lowest BCUT2D eigenvalue weighted by atomic mass is 9.68. The van der Waals surface area contributed by atoms with Crippen molar-refractivity contribution in [3.8, 4) is 0 Å². The minimum Gasteiger partial charge on any atom is -0.357 e. The first-order valence-corrected chi connectivity index (χ1v) is 10.8. The highest BCUT2D eigenvalue weighted by atomic mass is 127. The van der Waals surface area contributed by atoms with E-state index in [0.29, 0.717) is 24.4 Å². The molecule has 24 heavy (non-hydrogen) atoms. The van der Waals surface area contributed by atoms with E-state index in [0.717, 1.165) is 38.6 Å². The molecule has 2 heterocycles. The Morgan fingerprint density at radius 3 is 2.54 bits per heavy atom. The van der Waals surface area contributed by atoms with Gasteiger partial charge in [-0.25, -0.2) is 12.7 Å². The standard InChI is InChI=1S/C16H30N4O2S.HI/c1-3-17-15(19-10-8-16(13-19)6-4-7-16)18-11-14-5-9-20(12-14)23(2,21)22;/h14H,3-13H2,1-2H3,(H,17,18);1H. The number of nitrogens with zero attached hydrogens (tertiary/aromatic N) is 3. The fraction of sp³-hybridized carbons (Fsp3) is 0.938. The minimum absolute atomic E-state index is 0. The maximum Gasteiger partial charge on any atom is 0.211 e. The summed E-state index contributed by atoms with van der Waals surface area (Å²) in [5.41, 5.74) is 0.566. The first-order valence-electron chi connectivity index (χ1n) is 8.90. The Morgan fingerprint density at radius 1 is 1.29 bits per heavy atom. The van der Waals surface area contributed by atoms with Gasteiger partial charge in [0.1, 0.15) is 0 Å². The van der Waals surface area contributed by atoms with Crippen molar-refractivity contribution in [1.82, 2.24) is 14.5 Å². The molecule has 1 aliphatic carbocycles. The molecular weight excluding hydrogens is 439 g/mol. The topological polar surface area (TPSA) is 65.0 Å². The second-order valence-corrected chi connectivity index (χ2v) is 9.48. The summed E-state index contributed by atoms with van der Waals surface area (Å²) in [7, 11) is -3.05. The lowest BCUT2D eigenvalue weighted by molar-refractivity contribution is 0.151. The van der Waals surface area contributed by atoms with Crippen LogP contribution in [0.15, 0.2) is 4.99 Å². The number of hydrogen-bond donors (Lipinski definition) is 1. The third-order valence-electron chi connectivity index (χ3n) is 5.70. The van der Waals surface area contributed by atoms with E-state index in [1.54, 1.807) is 4.31 Å². The fourth-order valence-electron chi connectivity index (χ4n) is 4.09. The van der Waals surface area contributed by atoms with E-state index in [9.17, 15) is 8.42 Å². The van der Waals surface area contributed by atoms with Crippen LogP contribution in [0.4, 0.5) is 0 Å². The molecule has 2 saturated heterocycles. The van der Waals surface area contributed by atoms with Gasteiger partial charge in [0.05, 0.1) is 6.26 Å². The summed E-state index contributed by atoms with van der Waals surface area (Å²) in [5, 5.41) is 3.42. The second-order valence-electron chi connectivity index (χ2n) is 7.50. The molecule has 3 aliphatic rings. The summed E-state index contributed by atoms with van der Waals surface area (Å²) in [4.78, 5) is 7.24. The Kier molecular flexibility index (Phi) is 6.80. The largest absolute Gasteiger partial charge is 0.357 e. The van der Waals surface area contributed by atoms with Crippen LogP contribution in [-0.2, 0) is 10.0 Å². The Hall–Kier alpha value is -0.0900. The Balaban J connectivity index is 0.00000208. The highest BCUT2D eigenvalue weighted by Crippen LogP contribution is 2.47. The molecular formula is C16H31IN4O2S. The third kappa shape index (κ3) is 4.55. The predicted molar refractivity (Wildman–Crippen MR) is 108 cm³/mol. The number of sulfonamides is 1. The van der Waals surface area contributed by atoms with Crippen molar-refractivity contribution in [2.24, 2.45) is 16.3 Å². The summed E-state index contributed by atoms with van der Waals surface area (Å²) in [6.45, 7) is 7.20. The molecule has 0 radical (unpaired) electrons. The molecule has 8 heteroatoms. The normalized spacial score (nSPS) is 27.2. The van der Waals surface area contributed by atoms with Gasteiger partial charge in [-0.15, -0.1) is 24.0 Å². The SMILES string of the molecule is CCNC(=NCC1CCN(S(C)(=O)=O)C1)N1CCC2(CCC2)C1.I. The van der Waals surface area contributed by atoms with Crippen LogP contribution in [0.25, 0.3) is 0 Å². The van der Waals surface area contributed by atoms with Gasteiger partial charge in [0, 0.05) is 39.3 Å². The van der Waals surface area contributed by atoms with Crippen LogP contribution in [-0.4, -0.2) is 69.1 Å². The Morgan fingerprint density at radius 2 is 2.04 bits per heavy atom. The molecule has 0 aromatic carbocycles. The van der Waals surface area contributed by atoms with Crippen LogP contribution >= 0.6 is 24.0 Å². The van der Waals surface area contributed by atoms with Crippen molar-refractivity contribution < 1.29 is 8.42 Å². The van der Waals surface area contributed by atoms with Crippen molar-refractivity contribution in [1.29, 1.82) is 0 Å². The van der Waals surface area contributed by atoms with Crippen LogP contribution in [0, 0.1) is 11.3 Å². The molecule has 0 bridgehead atoms. The van der Waals surface area contributed by atoms with Crippen molar-refractivity contribution in [3.05, 3.63) is 0 Å². The second kappa shape index (κ2) is 8.07. The first-order chi connectivity index (χ1) is 10.9. The van der Waals surface area contributed by atoms with Gasteiger partial charge >= 0.3 is 0 Å². The van der Waals surface area contributed by atoms with Crippen LogP contribution < -0.4 is 5.32 Å². The predicted octanol–water partition coefficient (Wildman–Crippen LogP) is 1.73. The monoisotopic (exact) mass is 470 g/mol. The molecule has 6 nitrogen and oxygen atoms in total. The Labute approximate surface area is 163 Å². The van der Waals surface area contributed by atoms with Gasteiger partial charge in [0.25, 0.3) is 0 Å². The van der Waals surface area contributed by atoms with Crippen LogP contribution in [0.1, 0.15) is 39.0 Å². The quantitative estimate of drug-likeness (QED) is 0.386. The maximum atomic E-state index is 11.6. The smallest absolute Gasteiger partial charge is 0.211 e. The van der Waals surface area contributed by atoms with E-state index in [-0.39, 0.29) is 24.0 Å². The molecule has 140 valence electrons. The highest BCUT2D eigenvalue weighted by molar-refractivity contribution is 14.0. The van der Waals surface area contributed by atoms with E-state index in [1.807, 2.05) is 0 Å². The van der Waals surface area contributed by atoms with E-state index in [4.69, 9.17) is 4.99 Å². The molecule has 0 aromatic heterocycles. The van der Waals surface area contributed by atoms with E-state index in [2.05, 4.69) is 17.1 Å². The van der Waals surface area contributed by atoms with Crippen molar-refractivity contribution in [2.45, 2.75) is 39.0 Å². The maximum absolute atomic E-state index is 11.6. The summed E-state index contributed by atoms with van der Waals surface area (Å²) in [6, 6.07) is 0. The molecule has 3 rings (SSSR count). The van der Waals surface area contributed by atoms with Crippen LogP contribution in [0.5, 0.6) is 0 Å². The van der Waals surface area contributed by atoms with Crippen molar-refractivity contribution in [2.75, 3.05) is 45.5 Å². The van der Waals surface area contributed by atoms with Gasteiger partial charge < -0.3 is 10.2 Å². The van der Waals surface area contributed by atoms with Gasteiger partial charge in [-0.1, -0.05) is 6.42 Å². The lowest BCUT2D eigenvalue weighted by Crippen LogP contribution is -2.42.